The molecule has 2 aliphatic carbocycles. The molecule has 0 atom stereocenters. The van der Waals surface area contributed by atoms with Crippen molar-refractivity contribution in [3.05, 3.63) is 60.7 Å². The van der Waals surface area contributed by atoms with Gasteiger partial charge in [0.05, 0.1) is 12.7 Å². The standard InChI is InChI=1S/C25H37N3O.2C6H13NO3S/c1-3-26(4-2)21-22-29-25-15-17-27(18-16-25)19-20-28(23-11-7-5-8-12-23)24-13-9-6-10-14-24;2*8-11(9,10)7-6-4-2-1-3-5-6/h5-14,25H,3-4,15-22H2,1-2H3;2*6-7H,1-5H2,(H,8,9,10). The topological polar surface area (TPSA) is 152 Å². The number of ether oxygens (including phenoxy) is 1. The summed E-state index contributed by atoms with van der Waals surface area (Å²) in [5.41, 5.74) is 2.52. The number of likely N-dealkylation sites (tertiary alicyclic amines) is 1. The maximum atomic E-state index is 10.3. The second-order valence-electron chi connectivity index (χ2n) is 13.6. The van der Waals surface area contributed by atoms with Crippen LogP contribution in [-0.2, 0) is 25.3 Å². The van der Waals surface area contributed by atoms with Crippen LogP contribution < -0.4 is 14.3 Å². The number of likely N-dealkylation sites (N-methyl/N-ethyl adjacent to an activating group) is 1. The maximum absolute atomic E-state index is 10.3. The van der Waals surface area contributed by atoms with Gasteiger partial charge in [-0.1, -0.05) is 88.8 Å². The highest BCUT2D eigenvalue weighted by Gasteiger charge is 2.21. The fraction of sp³-hybridized carbons (Fsp3) is 0.676. The molecule has 0 unspecified atom stereocenters. The first kappa shape index (κ1) is 43.3. The molecular formula is C37H63N5O7S2. The van der Waals surface area contributed by atoms with Gasteiger partial charge in [0.1, 0.15) is 0 Å². The van der Waals surface area contributed by atoms with Crippen molar-refractivity contribution in [1.82, 2.24) is 19.2 Å². The van der Waals surface area contributed by atoms with Crippen molar-refractivity contribution in [3.63, 3.8) is 0 Å². The summed E-state index contributed by atoms with van der Waals surface area (Å²) in [5.74, 6) is 0. The Morgan fingerprint density at radius 2 is 1.10 bits per heavy atom. The van der Waals surface area contributed by atoms with Crippen molar-refractivity contribution in [3.8, 4) is 0 Å². The lowest BCUT2D eigenvalue weighted by Crippen LogP contribution is -2.41. The van der Waals surface area contributed by atoms with E-state index in [1.54, 1.807) is 0 Å². The van der Waals surface area contributed by atoms with E-state index in [9.17, 15) is 16.8 Å². The minimum absolute atomic E-state index is 0.0428. The molecule has 290 valence electrons. The van der Waals surface area contributed by atoms with E-state index >= 15 is 0 Å². The van der Waals surface area contributed by atoms with Crippen molar-refractivity contribution in [1.29, 1.82) is 0 Å². The Labute approximate surface area is 308 Å². The lowest BCUT2D eigenvalue weighted by Gasteiger charge is -2.34. The van der Waals surface area contributed by atoms with Gasteiger partial charge in [-0.2, -0.15) is 26.3 Å². The fourth-order valence-corrected chi connectivity index (χ4v) is 8.23. The van der Waals surface area contributed by atoms with Gasteiger partial charge in [-0.25, -0.2) is 0 Å². The monoisotopic (exact) mass is 753 g/mol. The van der Waals surface area contributed by atoms with E-state index in [0.717, 1.165) is 117 Å². The average Bonchev–Trinajstić information content (AvgIpc) is 3.12. The molecule has 1 heterocycles. The van der Waals surface area contributed by atoms with Gasteiger partial charge in [0.2, 0.25) is 0 Å². The van der Waals surface area contributed by atoms with E-state index in [1.165, 1.54) is 24.2 Å². The van der Waals surface area contributed by atoms with Crippen LogP contribution in [0.5, 0.6) is 0 Å². The Bertz CT molecular complexity index is 1310. The molecule has 0 radical (unpaired) electrons. The number of benzene rings is 2. The Morgan fingerprint density at radius 1 is 0.667 bits per heavy atom. The van der Waals surface area contributed by atoms with Crippen LogP contribution in [0, 0.1) is 0 Å². The van der Waals surface area contributed by atoms with Crippen LogP contribution in [0.25, 0.3) is 0 Å². The van der Waals surface area contributed by atoms with Gasteiger partial charge >= 0.3 is 20.6 Å². The molecule has 1 aliphatic heterocycles. The summed E-state index contributed by atoms with van der Waals surface area (Å²) in [5, 5.41) is 0. The van der Waals surface area contributed by atoms with Crippen LogP contribution in [0.2, 0.25) is 0 Å². The van der Waals surface area contributed by atoms with Crippen molar-refractivity contribution >= 4 is 32.0 Å². The zero-order chi connectivity index (χ0) is 37.0. The van der Waals surface area contributed by atoms with E-state index < -0.39 is 20.6 Å². The Morgan fingerprint density at radius 3 is 1.49 bits per heavy atom. The van der Waals surface area contributed by atoms with Crippen LogP contribution in [0.4, 0.5) is 11.4 Å². The molecule has 2 saturated carbocycles. The fourth-order valence-electron chi connectivity index (χ4n) is 6.91. The molecule has 12 nitrogen and oxygen atoms in total. The van der Waals surface area contributed by atoms with E-state index in [1.807, 2.05) is 0 Å². The van der Waals surface area contributed by atoms with Gasteiger partial charge in [-0.05, 0) is 75.9 Å². The molecule has 5 rings (SSSR count). The molecule has 2 aromatic rings. The SMILES string of the molecule is CCN(CC)CCOC1CCN(CCN(c2ccccc2)c2ccccc2)CC1.O=S(=O)(O)NC1CCCCC1.O=S(=O)(O)NC1CCCCC1. The quantitative estimate of drug-likeness (QED) is 0.158. The summed E-state index contributed by atoms with van der Waals surface area (Å²) in [4.78, 5) is 7.44. The number of nitrogens with one attached hydrogen (secondary N) is 2. The molecule has 0 spiro atoms. The average molecular weight is 754 g/mol. The number of para-hydroxylation sites is 2. The zero-order valence-corrected chi connectivity index (χ0v) is 32.4. The van der Waals surface area contributed by atoms with E-state index in [4.69, 9.17) is 13.8 Å². The predicted molar refractivity (Wildman–Crippen MR) is 206 cm³/mol. The van der Waals surface area contributed by atoms with Crippen LogP contribution >= 0.6 is 0 Å². The largest absolute Gasteiger partial charge is 0.377 e. The highest BCUT2D eigenvalue weighted by atomic mass is 32.2. The molecule has 0 amide bonds. The number of rotatable bonds is 15. The van der Waals surface area contributed by atoms with Crippen LogP contribution in [0.15, 0.2) is 60.7 Å². The predicted octanol–water partition coefficient (Wildman–Crippen LogP) is 6.07. The molecule has 14 heteroatoms. The zero-order valence-electron chi connectivity index (χ0n) is 30.7. The molecule has 1 saturated heterocycles. The first-order chi connectivity index (χ1) is 24.5. The normalized spacial score (nSPS) is 18.4. The van der Waals surface area contributed by atoms with Gasteiger partial charge in [0.15, 0.2) is 0 Å². The number of hydrogen-bond donors (Lipinski definition) is 4. The van der Waals surface area contributed by atoms with Gasteiger partial charge in [0.25, 0.3) is 0 Å². The molecule has 3 aliphatic rings. The van der Waals surface area contributed by atoms with Crippen molar-refractivity contribution < 1.29 is 30.7 Å². The summed E-state index contributed by atoms with van der Waals surface area (Å²) in [7, 11) is -7.95. The lowest BCUT2D eigenvalue weighted by molar-refractivity contribution is -0.000213. The summed E-state index contributed by atoms with van der Waals surface area (Å²) < 4.78 is 68.8. The number of nitrogens with zero attached hydrogens (tertiary/aromatic N) is 3. The second-order valence-corrected chi connectivity index (χ2v) is 16.0. The molecule has 4 N–H and O–H groups in total. The minimum atomic E-state index is -3.97. The van der Waals surface area contributed by atoms with Gasteiger partial charge in [0, 0.05) is 56.2 Å². The minimum Gasteiger partial charge on any atom is -0.377 e. The first-order valence-electron chi connectivity index (χ1n) is 18.9. The lowest BCUT2D eigenvalue weighted by atomic mass is 9.96. The molecule has 0 bridgehead atoms. The maximum Gasteiger partial charge on any atom is 0.333 e. The molecule has 3 fully saturated rings. The van der Waals surface area contributed by atoms with E-state index in [-0.39, 0.29) is 12.1 Å². The number of hydrogen-bond acceptors (Lipinski definition) is 8. The molecule has 2 aromatic carbocycles. The van der Waals surface area contributed by atoms with Crippen molar-refractivity contribution in [2.24, 2.45) is 0 Å². The summed E-state index contributed by atoms with van der Waals surface area (Å²) >= 11 is 0. The number of piperidine rings is 1. The van der Waals surface area contributed by atoms with Crippen molar-refractivity contribution in [2.75, 3.05) is 57.3 Å². The van der Waals surface area contributed by atoms with Crippen LogP contribution in [0.3, 0.4) is 0 Å². The summed E-state index contributed by atoms with van der Waals surface area (Å²) in [6, 6.07) is 21.3. The Balaban J connectivity index is 0.000000260. The van der Waals surface area contributed by atoms with Gasteiger partial charge in [-0.15, -0.1) is 0 Å². The highest BCUT2D eigenvalue weighted by Crippen LogP contribution is 2.25. The first-order valence-corrected chi connectivity index (χ1v) is 21.8. The second kappa shape index (κ2) is 23.5. The molecule has 51 heavy (non-hydrogen) atoms. The number of anilines is 2. The third-order valence-electron chi connectivity index (χ3n) is 9.81. The Kier molecular flexibility index (Phi) is 19.9. The van der Waals surface area contributed by atoms with Crippen molar-refractivity contribution in [2.45, 2.75) is 109 Å². The third kappa shape index (κ3) is 19.0. The molecular weight excluding hydrogens is 691 g/mol. The summed E-state index contributed by atoms with van der Waals surface area (Å²) in [6.07, 6.45) is 12.7. The summed E-state index contributed by atoms with van der Waals surface area (Å²) in [6.45, 7) is 12.9. The van der Waals surface area contributed by atoms with E-state index in [0.29, 0.717) is 6.10 Å². The van der Waals surface area contributed by atoms with E-state index in [2.05, 4.69) is 98.7 Å². The van der Waals surface area contributed by atoms with Gasteiger partial charge in [-0.3, -0.25) is 9.11 Å². The third-order valence-corrected chi connectivity index (χ3v) is 11.1. The highest BCUT2D eigenvalue weighted by molar-refractivity contribution is 7.84. The Hall–Kier alpha value is -2.14. The smallest absolute Gasteiger partial charge is 0.333 e. The van der Waals surface area contributed by atoms with Crippen LogP contribution in [0.1, 0.15) is 90.9 Å². The molecule has 0 aromatic heterocycles. The van der Waals surface area contributed by atoms with Crippen LogP contribution in [-0.4, -0.2) is 106 Å². The van der Waals surface area contributed by atoms with Gasteiger partial charge < -0.3 is 19.4 Å².